The number of amides is 2. The van der Waals surface area contributed by atoms with Gasteiger partial charge in [0.1, 0.15) is 6.10 Å². The van der Waals surface area contributed by atoms with Gasteiger partial charge in [0, 0.05) is 56.1 Å². The number of carbonyl (C=O) groups is 1. The summed E-state index contributed by atoms with van der Waals surface area (Å²) in [6, 6.07) is 16.2. The van der Waals surface area contributed by atoms with Crippen LogP contribution in [0.15, 0.2) is 65.7 Å². The predicted octanol–water partition coefficient (Wildman–Crippen LogP) is 2.99. The second kappa shape index (κ2) is 10.4. The van der Waals surface area contributed by atoms with E-state index < -0.39 is 6.10 Å². The van der Waals surface area contributed by atoms with Crippen molar-refractivity contribution >= 4 is 23.1 Å². The Morgan fingerprint density at radius 3 is 2.51 bits per heavy atom. The molecule has 3 fully saturated rings. The highest BCUT2D eigenvalue weighted by Gasteiger charge is 2.45. The fourth-order valence-electron chi connectivity index (χ4n) is 7.05. The molecule has 1 aromatic carbocycles. The Morgan fingerprint density at radius 1 is 0.977 bits per heavy atom. The maximum Gasteiger partial charge on any atom is 0.318 e. The number of fused-ring (bicyclic) bond motifs is 1. The summed E-state index contributed by atoms with van der Waals surface area (Å²) in [7, 11) is 0. The van der Waals surface area contributed by atoms with Crippen LogP contribution in [-0.2, 0) is 5.41 Å². The number of rotatable bonds is 6. The number of aliphatic hydroxyl groups is 1. The zero-order valence-corrected chi connectivity index (χ0v) is 24.7. The first kappa shape index (κ1) is 27.5. The molecule has 3 aromatic heterocycles. The summed E-state index contributed by atoms with van der Waals surface area (Å²) in [6.45, 7) is 8.31. The van der Waals surface area contributed by atoms with Gasteiger partial charge in [0.25, 0.3) is 0 Å². The Labute approximate surface area is 250 Å². The largest absolute Gasteiger partial charge is 0.383 e. The van der Waals surface area contributed by atoms with Gasteiger partial charge in [-0.15, -0.1) is 5.10 Å². The van der Waals surface area contributed by atoms with Crippen LogP contribution in [0.2, 0.25) is 0 Å². The highest BCUT2D eigenvalue weighted by Crippen LogP contribution is 2.37. The van der Waals surface area contributed by atoms with Crippen LogP contribution < -0.4 is 20.7 Å². The first-order valence-corrected chi connectivity index (χ1v) is 15.1. The Morgan fingerprint density at radius 2 is 1.74 bits per heavy atom. The molecule has 0 radical (unpaired) electrons. The molecule has 3 N–H and O–H groups in total. The zero-order chi connectivity index (χ0) is 29.8. The Bertz CT molecular complexity index is 1710. The number of β-amino-alcohol motifs (C(OH)–C–C–N with tert-alkyl or cyclic N) is 1. The number of piperidine rings is 1. The van der Waals surface area contributed by atoms with E-state index in [9.17, 15) is 14.7 Å². The van der Waals surface area contributed by atoms with E-state index >= 15 is 0 Å². The van der Waals surface area contributed by atoms with Gasteiger partial charge in [-0.3, -0.25) is 4.79 Å². The number of hydrogen-bond donors (Lipinski definition) is 3. The number of nitrogens with one attached hydrogen (secondary N) is 2. The molecule has 1 spiro atoms. The number of nitrogens with zero attached hydrogens (tertiary/aromatic N) is 6. The third kappa shape index (κ3) is 5.11. The van der Waals surface area contributed by atoms with Gasteiger partial charge in [-0.1, -0.05) is 37.3 Å². The molecule has 224 valence electrons. The molecular formula is C32H38N8O3. The number of hydrogen-bond acceptors (Lipinski definition) is 7. The summed E-state index contributed by atoms with van der Waals surface area (Å²) >= 11 is 0. The highest BCUT2D eigenvalue weighted by atomic mass is 16.3. The monoisotopic (exact) mass is 582 g/mol. The van der Waals surface area contributed by atoms with E-state index in [0.717, 1.165) is 62.4 Å². The van der Waals surface area contributed by atoms with Gasteiger partial charge in [0.05, 0.1) is 24.0 Å². The number of H-pyrrole nitrogens is 1. The number of anilines is 2. The summed E-state index contributed by atoms with van der Waals surface area (Å²) in [4.78, 5) is 38.3. The predicted molar refractivity (Wildman–Crippen MR) is 165 cm³/mol. The molecule has 2 amide bonds. The fourth-order valence-corrected chi connectivity index (χ4v) is 7.05. The van der Waals surface area contributed by atoms with Crippen LogP contribution in [0.4, 0.5) is 16.2 Å². The van der Waals surface area contributed by atoms with Crippen LogP contribution in [0.3, 0.4) is 0 Å². The molecule has 3 aliphatic rings. The van der Waals surface area contributed by atoms with Crippen LogP contribution in [0.25, 0.3) is 5.65 Å². The third-order valence-corrected chi connectivity index (χ3v) is 9.62. The number of carbonyl (C=O) groups excluding carboxylic acids is 1. The van der Waals surface area contributed by atoms with E-state index in [2.05, 4.69) is 73.5 Å². The topological polar surface area (TPSA) is 122 Å². The average Bonchev–Trinajstić information content (AvgIpc) is 3.70. The molecule has 11 heteroatoms. The van der Waals surface area contributed by atoms with Crippen molar-refractivity contribution in [2.24, 2.45) is 0 Å². The van der Waals surface area contributed by atoms with Crippen molar-refractivity contribution in [2.45, 2.75) is 50.2 Å². The van der Waals surface area contributed by atoms with Gasteiger partial charge in [0.15, 0.2) is 11.5 Å². The number of aliphatic hydroxyl groups excluding tert-OH is 1. The van der Waals surface area contributed by atoms with Crippen molar-refractivity contribution in [2.75, 3.05) is 49.1 Å². The fraction of sp³-hybridized carbons (Fsp3) is 0.438. The van der Waals surface area contributed by atoms with Gasteiger partial charge >= 0.3 is 6.03 Å². The summed E-state index contributed by atoms with van der Waals surface area (Å²) < 4.78 is 1.76. The maximum atomic E-state index is 13.0. The smallest absolute Gasteiger partial charge is 0.318 e. The van der Waals surface area contributed by atoms with Crippen molar-refractivity contribution in [3.8, 4) is 0 Å². The van der Waals surface area contributed by atoms with E-state index in [-0.39, 0.29) is 29.1 Å². The molecule has 2 atom stereocenters. The molecule has 43 heavy (non-hydrogen) atoms. The Hall–Kier alpha value is -4.38. The molecule has 11 nitrogen and oxygen atoms in total. The molecule has 3 saturated heterocycles. The standard InChI is InChI=1S/C32H38N8O3/c1-22-16-25(38-13-9-31(2,20-38)23-6-4-3-5-7-23)18-40-29(22)34-28(36-40)26(41)19-39-21-32(35-30(39)43)10-14-37(15-11-32)24-8-12-33-27(42)17-24/h3-8,12,16-18,26,41H,9-11,13-15,19-21H2,1-2H3,(H,33,42)(H,35,43)/t26?,31-/m1/s1. The molecule has 4 aromatic rings. The Kier molecular flexibility index (Phi) is 6.65. The van der Waals surface area contributed by atoms with Crippen molar-refractivity contribution in [3.05, 3.63) is 88.2 Å². The van der Waals surface area contributed by atoms with E-state index in [4.69, 9.17) is 0 Å². The van der Waals surface area contributed by atoms with Crippen molar-refractivity contribution in [1.29, 1.82) is 0 Å². The minimum atomic E-state index is -1.01. The lowest BCUT2D eigenvalue weighted by molar-refractivity contribution is 0.121. The minimum absolute atomic E-state index is 0.0822. The second-order valence-electron chi connectivity index (χ2n) is 12.7. The van der Waals surface area contributed by atoms with Crippen LogP contribution in [0.5, 0.6) is 0 Å². The molecular weight excluding hydrogens is 544 g/mol. The van der Waals surface area contributed by atoms with E-state index in [1.165, 1.54) is 5.56 Å². The SMILES string of the molecule is Cc1cc(N2CC[C@@](C)(c3ccccc3)C2)cn2nc(C(O)CN3CC4(CCN(c5cc[nH]c(=O)c5)CC4)NC3=O)nc12. The number of benzene rings is 1. The van der Waals surface area contributed by atoms with E-state index in [0.29, 0.717) is 18.0 Å². The lowest BCUT2D eigenvalue weighted by Gasteiger charge is -2.39. The first-order valence-electron chi connectivity index (χ1n) is 15.1. The summed E-state index contributed by atoms with van der Waals surface area (Å²) in [5, 5.41) is 19.0. The van der Waals surface area contributed by atoms with Gasteiger partial charge in [0.2, 0.25) is 5.56 Å². The van der Waals surface area contributed by atoms with E-state index in [1.54, 1.807) is 21.7 Å². The average molecular weight is 583 g/mol. The first-order chi connectivity index (χ1) is 20.7. The van der Waals surface area contributed by atoms with Crippen LogP contribution in [0, 0.1) is 6.92 Å². The van der Waals surface area contributed by atoms with Crippen LogP contribution in [0.1, 0.15) is 49.2 Å². The molecule has 6 heterocycles. The summed E-state index contributed by atoms with van der Waals surface area (Å²) in [5.74, 6) is 0.314. The normalized spacial score (nSPS) is 22.5. The quantitative estimate of drug-likeness (QED) is 0.320. The lowest BCUT2D eigenvalue weighted by Crippen LogP contribution is -2.52. The summed E-state index contributed by atoms with van der Waals surface area (Å²) in [6.07, 6.45) is 5.23. The van der Waals surface area contributed by atoms with Gasteiger partial charge < -0.3 is 30.1 Å². The molecule has 0 bridgehead atoms. The van der Waals surface area contributed by atoms with Crippen molar-refractivity contribution in [1.82, 2.24) is 29.8 Å². The molecule has 3 aliphatic heterocycles. The van der Waals surface area contributed by atoms with Gasteiger partial charge in [-0.25, -0.2) is 14.3 Å². The maximum absolute atomic E-state index is 13.0. The van der Waals surface area contributed by atoms with Crippen molar-refractivity contribution < 1.29 is 9.90 Å². The highest BCUT2D eigenvalue weighted by molar-refractivity contribution is 5.78. The van der Waals surface area contributed by atoms with Crippen LogP contribution in [-0.4, -0.2) is 80.4 Å². The van der Waals surface area contributed by atoms with E-state index in [1.807, 2.05) is 19.2 Å². The number of pyridine rings is 2. The zero-order valence-electron chi connectivity index (χ0n) is 24.7. The van der Waals surface area contributed by atoms with Gasteiger partial charge in [-0.05, 0) is 49.4 Å². The lowest BCUT2D eigenvalue weighted by atomic mass is 9.82. The molecule has 7 rings (SSSR count). The molecule has 1 unspecified atom stereocenters. The summed E-state index contributed by atoms with van der Waals surface area (Å²) in [5.41, 5.74) is 4.63. The number of aromatic amines is 1. The third-order valence-electron chi connectivity index (χ3n) is 9.62. The number of aryl methyl sites for hydroxylation is 1. The van der Waals surface area contributed by atoms with Crippen molar-refractivity contribution in [3.63, 3.8) is 0 Å². The number of urea groups is 1. The van der Waals surface area contributed by atoms with Crippen LogP contribution >= 0.6 is 0 Å². The number of aromatic nitrogens is 4. The minimum Gasteiger partial charge on any atom is -0.383 e. The second-order valence-corrected chi connectivity index (χ2v) is 12.7. The molecule has 0 aliphatic carbocycles. The van der Waals surface area contributed by atoms with Gasteiger partial charge in [-0.2, -0.15) is 0 Å². The molecule has 0 saturated carbocycles. The Balaban J connectivity index is 1.02.